The van der Waals surface area contributed by atoms with E-state index in [2.05, 4.69) is 8.75 Å². The third-order valence-electron chi connectivity index (χ3n) is 1.53. The summed E-state index contributed by atoms with van der Waals surface area (Å²) in [5.41, 5.74) is 0.690. The van der Waals surface area contributed by atoms with Crippen LogP contribution in [-0.4, -0.2) is 51.3 Å². The van der Waals surface area contributed by atoms with Crippen molar-refractivity contribution in [1.29, 1.82) is 0 Å². The molecule has 0 fully saturated rings. The van der Waals surface area contributed by atoms with Gasteiger partial charge in [0.05, 0.1) is 11.7 Å². The Bertz CT molecular complexity index is 551. The van der Waals surface area contributed by atoms with E-state index < -0.39 is 10.1 Å². The van der Waals surface area contributed by atoms with Gasteiger partial charge in [0.1, 0.15) is 15.9 Å². The Morgan fingerprint density at radius 1 is 1.29 bits per heavy atom. The smallest absolute Gasteiger partial charge is 0.282 e. The molecule has 1 aromatic heterocycles. The van der Waals surface area contributed by atoms with Gasteiger partial charge in [-0.1, -0.05) is 6.07 Å². The number of nitrogens with zero attached hydrogens (tertiary/aromatic N) is 2. The van der Waals surface area contributed by atoms with Crippen molar-refractivity contribution in [2.45, 2.75) is 4.90 Å². The maximum absolute atomic E-state index is 10.8. The minimum absolute atomic E-state index is 0. The number of hydrogen-bond donors (Lipinski definition) is 1. The quantitative estimate of drug-likeness (QED) is 0.581. The summed E-state index contributed by atoms with van der Waals surface area (Å²) < 4.78 is 38.1. The van der Waals surface area contributed by atoms with Crippen LogP contribution in [0, 0.1) is 0 Å². The van der Waals surface area contributed by atoms with Gasteiger partial charge in [-0.25, -0.2) is 0 Å². The van der Waals surface area contributed by atoms with Crippen molar-refractivity contribution >= 4 is 62.4 Å². The van der Waals surface area contributed by atoms with Crippen molar-refractivity contribution in [1.82, 2.24) is 8.75 Å². The Morgan fingerprint density at radius 2 is 2.00 bits per heavy atom. The minimum atomic E-state index is -4.20. The molecule has 0 atom stereocenters. The molecule has 8 heteroatoms. The first-order chi connectivity index (χ1) is 6.09. The molecule has 5 nitrogen and oxygen atoms in total. The topological polar surface area (TPSA) is 80.2 Å². The molecule has 0 saturated carbocycles. The fourth-order valence-electron chi connectivity index (χ4n) is 0.990. The number of hydrogen-bond acceptors (Lipinski definition) is 5. The van der Waals surface area contributed by atoms with Gasteiger partial charge < -0.3 is 0 Å². The summed E-state index contributed by atoms with van der Waals surface area (Å²) in [6.07, 6.45) is 0. The van der Waals surface area contributed by atoms with Crippen LogP contribution in [0.25, 0.3) is 11.0 Å². The molecule has 69 valence electrons. The third-order valence-corrected chi connectivity index (χ3v) is 2.95. The van der Waals surface area contributed by atoms with E-state index in [1.807, 2.05) is 0 Å². The molecular weight excluding hydrogens is 235 g/mol. The molecule has 2 aromatic rings. The molecule has 14 heavy (non-hydrogen) atoms. The van der Waals surface area contributed by atoms with Gasteiger partial charge in [-0.3, -0.25) is 4.55 Å². The molecule has 0 aliphatic rings. The molecule has 0 spiro atoms. The zero-order valence-electron chi connectivity index (χ0n) is 7.21. The Balaban J connectivity index is 0.000000980. The van der Waals surface area contributed by atoms with Gasteiger partial charge in [0.15, 0.2) is 0 Å². The zero-order valence-corrected chi connectivity index (χ0v) is 10.8. The molecule has 1 N–H and O–H groups in total. The Hall–Kier alpha value is -0.0500. The first-order valence-corrected chi connectivity index (χ1v) is 5.45. The van der Waals surface area contributed by atoms with E-state index in [4.69, 9.17) is 4.55 Å². The standard InChI is InChI=1S/C6H4N2O3S2.Na/c9-13(10,11)5-3-1-2-4-6(5)8-12-7-4;/h1-3H,(H,9,10,11);. The summed E-state index contributed by atoms with van der Waals surface area (Å²) in [5, 5.41) is 0. The van der Waals surface area contributed by atoms with E-state index in [0.717, 1.165) is 11.7 Å². The van der Waals surface area contributed by atoms with Crippen LogP contribution in [-0.2, 0) is 10.1 Å². The van der Waals surface area contributed by atoms with Crippen molar-refractivity contribution in [3.8, 4) is 0 Å². The van der Waals surface area contributed by atoms with Gasteiger partial charge >= 0.3 is 0 Å². The summed E-state index contributed by atoms with van der Waals surface area (Å²) in [6, 6.07) is 4.43. The van der Waals surface area contributed by atoms with Gasteiger partial charge in [0.25, 0.3) is 10.1 Å². The maximum atomic E-state index is 10.8. The predicted octanol–water partition coefficient (Wildman–Crippen LogP) is 0.557. The van der Waals surface area contributed by atoms with E-state index in [1.165, 1.54) is 12.1 Å². The zero-order chi connectivity index (χ0) is 9.47. The average molecular weight is 239 g/mol. The van der Waals surface area contributed by atoms with E-state index in [9.17, 15) is 8.42 Å². The molecule has 1 radical (unpaired) electrons. The van der Waals surface area contributed by atoms with Crippen molar-refractivity contribution in [2.24, 2.45) is 0 Å². The molecule has 2 rings (SSSR count). The SMILES string of the molecule is O=S(=O)(O)c1cccc2nsnc12.[Na]. The van der Waals surface area contributed by atoms with Crippen LogP contribution < -0.4 is 0 Å². The number of rotatable bonds is 1. The second-order valence-electron chi connectivity index (χ2n) is 2.36. The van der Waals surface area contributed by atoms with Crippen LogP contribution in [0.15, 0.2) is 23.1 Å². The summed E-state index contributed by atoms with van der Waals surface area (Å²) >= 11 is 0.908. The van der Waals surface area contributed by atoms with E-state index >= 15 is 0 Å². The predicted molar refractivity (Wildman–Crippen MR) is 53.0 cm³/mol. The number of fused-ring (bicyclic) bond motifs is 1. The molecule has 0 aliphatic heterocycles. The normalized spacial score (nSPS) is 11.2. The van der Waals surface area contributed by atoms with E-state index in [0.29, 0.717) is 5.52 Å². The summed E-state index contributed by atoms with van der Waals surface area (Å²) in [6.45, 7) is 0. The largest absolute Gasteiger partial charge is 0.296 e. The van der Waals surface area contributed by atoms with Crippen LogP contribution in [0.5, 0.6) is 0 Å². The minimum Gasteiger partial charge on any atom is -0.282 e. The second kappa shape index (κ2) is 4.21. The van der Waals surface area contributed by atoms with Crippen molar-refractivity contribution < 1.29 is 13.0 Å². The molecule has 0 bridgehead atoms. The van der Waals surface area contributed by atoms with Crippen LogP contribution >= 0.6 is 11.7 Å². The van der Waals surface area contributed by atoms with Gasteiger partial charge in [-0.05, 0) is 12.1 Å². The molecule has 0 unspecified atom stereocenters. The fourth-order valence-corrected chi connectivity index (χ4v) is 2.24. The Morgan fingerprint density at radius 3 is 2.64 bits per heavy atom. The molecule has 1 heterocycles. The Kier molecular flexibility index (Phi) is 3.62. The first-order valence-electron chi connectivity index (χ1n) is 3.28. The van der Waals surface area contributed by atoms with Crippen LogP contribution in [0.1, 0.15) is 0 Å². The van der Waals surface area contributed by atoms with Crippen LogP contribution in [0.2, 0.25) is 0 Å². The number of aromatic nitrogens is 2. The van der Waals surface area contributed by atoms with Gasteiger partial charge in [0.2, 0.25) is 0 Å². The van der Waals surface area contributed by atoms with E-state index in [-0.39, 0.29) is 40.0 Å². The van der Waals surface area contributed by atoms with Crippen LogP contribution in [0.4, 0.5) is 0 Å². The van der Waals surface area contributed by atoms with Crippen LogP contribution in [0.3, 0.4) is 0 Å². The third kappa shape index (κ3) is 2.13. The second-order valence-corrected chi connectivity index (χ2v) is 4.28. The summed E-state index contributed by atoms with van der Waals surface area (Å²) in [7, 11) is -4.20. The molecule has 0 saturated heterocycles. The van der Waals surface area contributed by atoms with Crippen molar-refractivity contribution in [3.63, 3.8) is 0 Å². The molecule has 1 aromatic carbocycles. The summed E-state index contributed by atoms with van der Waals surface area (Å²) in [4.78, 5) is -0.196. The monoisotopic (exact) mass is 239 g/mol. The summed E-state index contributed by atoms with van der Waals surface area (Å²) in [5.74, 6) is 0. The van der Waals surface area contributed by atoms with Crippen molar-refractivity contribution in [2.75, 3.05) is 0 Å². The van der Waals surface area contributed by atoms with Gasteiger partial charge in [-0.2, -0.15) is 17.2 Å². The fraction of sp³-hybridized carbons (Fsp3) is 0. The van der Waals surface area contributed by atoms with Crippen molar-refractivity contribution in [3.05, 3.63) is 18.2 Å². The maximum Gasteiger partial charge on any atom is 0.296 e. The van der Waals surface area contributed by atoms with Gasteiger partial charge in [0, 0.05) is 29.6 Å². The molecular formula is C6H4N2NaO3S2. The Labute approximate surface area is 107 Å². The first kappa shape index (κ1) is 12.0. The average Bonchev–Trinajstić information content (AvgIpc) is 2.48. The molecule has 0 amide bonds. The number of benzene rings is 1. The van der Waals surface area contributed by atoms with Gasteiger partial charge in [-0.15, -0.1) is 0 Å². The van der Waals surface area contributed by atoms with E-state index in [1.54, 1.807) is 6.07 Å². The molecule has 0 aliphatic carbocycles.